The Morgan fingerprint density at radius 1 is 1.38 bits per heavy atom. The zero-order valence-corrected chi connectivity index (χ0v) is 8.09. The van der Waals surface area contributed by atoms with Gasteiger partial charge in [0, 0.05) is 12.5 Å². The van der Waals surface area contributed by atoms with E-state index in [4.69, 9.17) is 5.11 Å². The van der Waals surface area contributed by atoms with Crippen LogP contribution < -0.4 is 5.32 Å². The van der Waals surface area contributed by atoms with Crippen molar-refractivity contribution in [3.05, 3.63) is 0 Å². The number of hydrogen-bond donors (Lipinski definition) is 2. The molecule has 1 rings (SSSR count). The fraction of sp³-hybridized carbons (Fsp3) is 0.900. The lowest BCUT2D eigenvalue weighted by atomic mass is 10.0. The molecule has 76 valence electrons. The minimum atomic E-state index is -0.673. The lowest BCUT2D eigenvalue weighted by Crippen LogP contribution is -2.28. The summed E-state index contributed by atoms with van der Waals surface area (Å²) < 4.78 is 0. The van der Waals surface area contributed by atoms with Crippen LogP contribution in [0.25, 0.3) is 0 Å². The normalized spacial score (nSPS) is 23.8. The number of carboxylic acid groups (broad SMARTS) is 1. The monoisotopic (exact) mass is 185 g/mol. The average Bonchev–Trinajstić information content (AvgIpc) is 2.32. The summed E-state index contributed by atoms with van der Waals surface area (Å²) in [5, 5.41) is 11.9. The first-order valence-corrected chi connectivity index (χ1v) is 5.24. The van der Waals surface area contributed by atoms with Crippen molar-refractivity contribution in [3.8, 4) is 0 Å². The van der Waals surface area contributed by atoms with Crippen molar-refractivity contribution in [1.29, 1.82) is 0 Å². The molecule has 1 atom stereocenters. The van der Waals surface area contributed by atoms with Crippen LogP contribution in [0, 0.1) is 0 Å². The molecule has 0 radical (unpaired) electrons. The first kappa shape index (κ1) is 10.5. The lowest BCUT2D eigenvalue weighted by molar-refractivity contribution is -0.137. The van der Waals surface area contributed by atoms with Gasteiger partial charge in [0.25, 0.3) is 0 Å². The van der Waals surface area contributed by atoms with E-state index in [1.807, 2.05) is 0 Å². The van der Waals surface area contributed by atoms with Crippen molar-refractivity contribution >= 4 is 5.97 Å². The summed E-state index contributed by atoms with van der Waals surface area (Å²) in [7, 11) is 0. The van der Waals surface area contributed by atoms with Crippen LogP contribution in [-0.4, -0.2) is 23.7 Å². The van der Waals surface area contributed by atoms with Crippen LogP contribution in [0.2, 0.25) is 0 Å². The smallest absolute Gasteiger partial charge is 0.303 e. The molecule has 13 heavy (non-hydrogen) atoms. The van der Waals surface area contributed by atoms with Gasteiger partial charge in [0.15, 0.2) is 0 Å². The molecule has 1 saturated heterocycles. The maximum absolute atomic E-state index is 10.3. The maximum atomic E-state index is 10.3. The SMILES string of the molecule is O=C(O)CCCC1CCCCCN1. The number of nitrogens with one attached hydrogen (secondary N) is 1. The summed E-state index contributed by atoms with van der Waals surface area (Å²) in [6.07, 6.45) is 7.26. The number of carbonyl (C=O) groups is 1. The molecule has 0 aliphatic carbocycles. The Bertz CT molecular complexity index is 151. The molecule has 1 fully saturated rings. The Balaban J connectivity index is 2.08. The third-order valence-electron chi connectivity index (χ3n) is 2.61. The van der Waals surface area contributed by atoms with Crippen LogP contribution in [0.4, 0.5) is 0 Å². The third kappa shape index (κ3) is 4.88. The van der Waals surface area contributed by atoms with Gasteiger partial charge in [-0.25, -0.2) is 0 Å². The van der Waals surface area contributed by atoms with Crippen LogP contribution >= 0.6 is 0 Å². The van der Waals surface area contributed by atoms with Crippen molar-refractivity contribution in [3.63, 3.8) is 0 Å². The molecule has 0 aromatic heterocycles. The van der Waals surface area contributed by atoms with E-state index in [0.29, 0.717) is 12.5 Å². The second-order valence-electron chi connectivity index (χ2n) is 3.79. The van der Waals surface area contributed by atoms with Crippen molar-refractivity contribution in [2.45, 2.75) is 51.0 Å². The minimum absolute atomic E-state index is 0.318. The predicted molar refractivity (Wildman–Crippen MR) is 51.7 cm³/mol. The summed E-state index contributed by atoms with van der Waals surface area (Å²) in [4.78, 5) is 10.3. The predicted octanol–water partition coefficient (Wildman–Crippen LogP) is 1.77. The molecule has 1 aliphatic rings. The first-order chi connectivity index (χ1) is 6.29. The van der Waals surface area contributed by atoms with Gasteiger partial charge in [0.1, 0.15) is 0 Å². The second-order valence-corrected chi connectivity index (χ2v) is 3.79. The highest BCUT2D eigenvalue weighted by molar-refractivity contribution is 5.66. The fourth-order valence-electron chi connectivity index (χ4n) is 1.85. The Labute approximate surface area is 79.5 Å². The highest BCUT2D eigenvalue weighted by Gasteiger charge is 2.11. The van der Waals surface area contributed by atoms with E-state index < -0.39 is 5.97 Å². The van der Waals surface area contributed by atoms with Gasteiger partial charge in [-0.1, -0.05) is 12.8 Å². The molecule has 0 aromatic carbocycles. The molecular formula is C10H19NO2. The Morgan fingerprint density at radius 3 is 3.00 bits per heavy atom. The van der Waals surface area contributed by atoms with E-state index in [0.717, 1.165) is 19.4 Å². The van der Waals surface area contributed by atoms with Crippen LogP contribution in [0.3, 0.4) is 0 Å². The molecule has 0 amide bonds. The highest BCUT2D eigenvalue weighted by Crippen LogP contribution is 2.13. The largest absolute Gasteiger partial charge is 0.481 e. The van der Waals surface area contributed by atoms with Gasteiger partial charge >= 0.3 is 5.97 Å². The third-order valence-corrected chi connectivity index (χ3v) is 2.61. The lowest BCUT2D eigenvalue weighted by Gasteiger charge is -2.14. The van der Waals surface area contributed by atoms with E-state index in [1.165, 1.54) is 25.7 Å². The summed E-state index contributed by atoms with van der Waals surface area (Å²) in [6.45, 7) is 1.11. The van der Waals surface area contributed by atoms with Gasteiger partial charge < -0.3 is 10.4 Å². The summed E-state index contributed by atoms with van der Waals surface area (Å²) >= 11 is 0. The number of rotatable bonds is 4. The number of aliphatic carboxylic acids is 1. The quantitative estimate of drug-likeness (QED) is 0.701. The molecule has 3 nitrogen and oxygen atoms in total. The number of hydrogen-bond acceptors (Lipinski definition) is 2. The molecule has 0 aromatic rings. The summed E-state index contributed by atoms with van der Waals surface area (Å²) in [5.41, 5.74) is 0. The van der Waals surface area contributed by atoms with Gasteiger partial charge in [-0.2, -0.15) is 0 Å². The second kappa shape index (κ2) is 5.97. The van der Waals surface area contributed by atoms with Gasteiger partial charge in [-0.05, 0) is 32.2 Å². The van der Waals surface area contributed by atoms with E-state index in [2.05, 4.69) is 5.32 Å². The molecule has 0 bridgehead atoms. The minimum Gasteiger partial charge on any atom is -0.481 e. The fourth-order valence-corrected chi connectivity index (χ4v) is 1.85. The van der Waals surface area contributed by atoms with E-state index >= 15 is 0 Å². The van der Waals surface area contributed by atoms with Crippen LogP contribution in [-0.2, 0) is 4.79 Å². The Kier molecular flexibility index (Phi) is 4.83. The van der Waals surface area contributed by atoms with Gasteiger partial charge in [-0.3, -0.25) is 4.79 Å². The van der Waals surface area contributed by atoms with Crippen molar-refractivity contribution < 1.29 is 9.90 Å². The van der Waals surface area contributed by atoms with E-state index in [1.54, 1.807) is 0 Å². The van der Waals surface area contributed by atoms with Crippen LogP contribution in [0.1, 0.15) is 44.9 Å². The molecule has 0 spiro atoms. The highest BCUT2D eigenvalue weighted by atomic mass is 16.4. The van der Waals surface area contributed by atoms with E-state index in [-0.39, 0.29) is 0 Å². The summed E-state index contributed by atoms with van der Waals surface area (Å²) in [5.74, 6) is -0.673. The van der Waals surface area contributed by atoms with Gasteiger partial charge in [0.05, 0.1) is 0 Å². The summed E-state index contributed by atoms with van der Waals surface area (Å²) in [6, 6.07) is 0.571. The Morgan fingerprint density at radius 2 is 2.23 bits per heavy atom. The molecule has 1 aliphatic heterocycles. The van der Waals surface area contributed by atoms with Crippen molar-refractivity contribution in [2.75, 3.05) is 6.54 Å². The van der Waals surface area contributed by atoms with Crippen molar-refractivity contribution in [2.24, 2.45) is 0 Å². The molecule has 1 unspecified atom stereocenters. The topological polar surface area (TPSA) is 49.3 Å². The maximum Gasteiger partial charge on any atom is 0.303 e. The van der Waals surface area contributed by atoms with Crippen LogP contribution in [0.15, 0.2) is 0 Å². The standard InChI is InChI=1S/C10H19NO2/c12-10(13)7-4-6-9-5-2-1-3-8-11-9/h9,11H,1-8H2,(H,12,13). The van der Waals surface area contributed by atoms with Gasteiger partial charge in [-0.15, -0.1) is 0 Å². The van der Waals surface area contributed by atoms with Crippen molar-refractivity contribution in [1.82, 2.24) is 5.32 Å². The molecule has 1 heterocycles. The van der Waals surface area contributed by atoms with Crippen LogP contribution in [0.5, 0.6) is 0 Å². The number of carboxylic acids is 1. The van der Waals surface area contributed by atoms with E-state index in [9.17, 15) is 4.79 Å². The zero-order valence-electron chi connectivity index (χ0n) is 8.09. The molecule has 3 heteroatoms. The van der Waals surface area contributed by atoms with Gasteiger partial charge in [0.2, 0.25) is 0 Å². The molecular weight excluding hydrogens is 166 g/mol. The molecule has 0 saturated carbocycles. The molecule has 2 N–H and O–H groups in total. The first-order valence-electron chi connectivity index (χ1n) is 5.24. The zero-order chi connectivity index (χ0) is 9.52. The average molecular weight is 185 g/mol. The Hall–Kier alpha value is -0.570.